The SMILES string of the molecule is CNc1cc(-n2cc(C(N)=O)c(-c3cc(C(F)(F)F)ccc3Cl)c2)ncn1. The van der Waals surface area contributed by atoms with Crippen molar-refractivity contribution in [3.05, 3.63) is 59.1 Å². The van der Waals surface area contributed by atoms with Crippen molar-refractivity contribution in [1.29, 1.82) is 0 Å². The number of anilines is 1. The van der Waals surface area contributed by atoms with Crippen molar-refractivity contribution in [3.63, 3.8) is 0 Å². The minimum absolute atomic E-state index is 0.0147. The van der Waals surface area contributed by atoms with Crippen LogP contribution in [0.1, 0.15) is 15.9 Å². The van der Waals surface area contributed by atoms with Gasteiger partial charge in [-0.15, -0.1) is 0 Å². The Kier molecular flexibility index (Phi) is 4.79. The summed E-state index contributed by atoms with van der Waals surface area (Å²) < 4.78 is 40.7. The third-order valence-electron chi connectivity index (χ3n) is 3.85. The number of nitrogens with two attached hydrogens (primary N) is 1. The van der Waals surface area contributed by atoms with Crippen molar-refractivity contribution in [1.82, 2.24) is 14.5 Å². The summed E-state index contributed by atoms with van der Waals surface area (Å²) in [6.07, 6.45) is -0.412. The van der Waals surface area contributed by atoms with Crippen LogP contribution in [0.15, 0.2) is 43.0 Å². The maximum Gasteiger partial charge on any atom is 0.416 e. The van der Waals surface area contributed by atoms with Gasteiger partial charge in [0.05, 0.1) is 11.1 Å². The number of hydrogen-bond acceptors (Lipinski definition) is 4. The number of halogens is 4. The van der Waals surface area contributed by atoms with Crippen LogP contribution in [-0.2, 0) is 6.18 Å². The molecule has 3 aromatic rings. The summed E-state index contributed by atoms with van der Waals surface area (Å²) in [6.45, 7) is 0. The summed E-state index contributed by atoms with van der Waals surface area (Å²) in [4.78, 5) is 19.9. The van der Waals surface area contributed by atoms with Gasteiger partial charge in [-0.25, -0.2) is 9.97 Å². The van der Waals surface area contributed by atoms with Gasteiger partial charge in [0, 0.05) is 41.7 Å². The van der Waals surface area contributed by atoms with Crippen LogP contribution in [0, 0.1) is 0 Å². The zero-order valence-corrected chi connectivity index (χ0v) is 14.6. The van der Waals surface area contributed by atoms with Gasteiger partial charge in [-0.05, 0) is 18.2 Å². The molecule has 27 heavy (non-hydrogen) atoms. The van der Waals surface area contributed by atoms with Crippen LogP contribution in [0.25, 0.3) is 16.9 Å². The predicted octanol–water partition coefficient (Wildman–Crippen LogP) is 3.75. The number of primary amides is 1. The second-order valence-corrected chi connectivity index (χ2v) is 5.97. The molecule has 0 aliphatic carbocycles. The molecule has 0 saturated carbocycles. The van der Waals surface area contributed by atoms with Gasteiger partial charge in [0.15, 0.2) is 0 Å². The van der Waals surface area contributed by atoms with Crippen molar-refractivity contribution in [3.8, 4) is 16.9 Å². The first-order valence-corrected chi connectivity index (χ1v) is 7.97. The number of aromatic nitrogens is 3. The normalized spacial score (nSPS) is 11.4. The number of nitrogens with one attached hydrogen (secondary N) is 1. The fraction of sp³-hybridized carbons (Fsp3) is 0.118. The van der Waals surface area contributed by atoms with Gasteiger partial charge in [0.25, 0.3) is 5.91 Å². The molecule has 2 heterocycles. The van der Waals surface area contributed by atoms with E-state index in [4.69, 9.17) is 17.3 Å². The zero-order valence-electron chi connectivity index (χ0n) is 13.9. The Morgan fingerprint density at radius 1 is 1.19 bits per heavy atom. The van der Waals surface area contributed by atoms with E-state index in [0.29, 0.717) is 11.6 Å². The number of carbonyl (C=O) groups is 1. The lowest BCUT2D eigenvalue weighted by molar-refractivity contribution is -0.137. The van der Waals surface area contributed by atoms with Gasteiger partial charge in [-0.1, -0.05) is 11.6 Å². The summed E-state index contributed by atoms with van der Waals surface area (Å²) in [5, 5.41) is 2.90. The Labute approximate surface area is 156 Å². The first-order valence-electron chi connectivity index (χ1n) is 7.60. The molecule has 0 bridgehead atoms. The minimum Gasteiger partial charge on any atom is -0.373 e. The van der Waals surface area contributed by atoms with E-state index in [1.54, 1.807) is 13.1 Å². The molecule has 0 unspecified atom stereocenters. The Morgan fingerprint density at radius 3 is 2.56 bits per heavy atom. The molecule has 0 saturated heterocycles. The fourth-order valence-electron chi connectivity index (χ4n) is 2.53. The number of carbonyl (C=O) groups excluding carboxylic acids is 1. The van der Waals surface area contributed by atoms with Crippen LogP contribution >= 0.6 is 11.6 Å². The topological polar surface area (TPSA) is 85.8 Å². The maximum absolute atomic E-state index is 13.1. The highest BCUT2D eigenvalue weighted by atomic mass is 35.5. The van der Waals surface area contributed by atoms with Crippen LogP contribution < -0.4 is 11.1 Å². The van der Waals surface area contributed by atoms with Crippen LogP contribution in [0.4, 0.5) is 19.0 Å². The number of amides is 1. The van der Waals surface area contributed by atoms with Crippen molar-refractivity contribution in [2.24, 2.45) is 5.73 Å². The smallest absolute Gasteiger partial charge is 0.373 e. The van der Waals surface area contributed by atoms with Gasteiger partial charge in [-0.3, -0.25) is 4.79 Å². The highest BCUT2D eigenvalue weighted by Crippen LogP contribution is 2.37. The predicted molar refractivity (Wildman–Crippen MR) is 94.9 cm³/mol. The number of alkyl halides is 3. The first kappa shape index (κ1) is 18.7. The molecule has 1 aromatic carbocycles. The average molecular weight is 396 g/mol. The third-order valence-corrected chi connectivity index (χ3v) is 4.18. The van der Waals surface area contributed by atoms with Crippen molar-refractivity contribution >= 4 is 23.3 Å². The lowest BCUT2D eigenvalue weighted by atomic mass is 10.0. The molecule has 1 amide bonds. The Morgan fingerprint density at radius 2 is 1.93 bits per heavy atom. The fourth-order valence-corrected chi connectivity index (χ4v) is 2.75. The standard InChI is InChI=1S/C17H13ClF3N5O/c1-23-14-5-15(25-8-24-14)26-6-11(12(7-26)16(22)27)10-4-9(17(19,20)21)2-3-13(10)18/h2-8H,1H3,(H2,22,27)(H,23,24,25). The second-order valence-electron chi connectivity index (χ2n) is 5.56. The van der Waals surface area contributed by atoms with E-state index < -0.39 is 17.6 Å². The summed E-state index contributed by atoms with van der Waals surface area (Å²) in [5.74, 6) is 0.110. The quantitative estimate of drug-likeness (QED) is 0.704. The Balaban J connectivity index is 2.19. The van der Waals surface area contributed by atoms with E-state index in [-0.39, 0.29) is 21.7 Å². The van der Waals surface area contributed by atoms with E-state index in [0.717, 1.165) is 18.2 Å². The molecule has 0 aliphatic rings. The van der Waals surface area contributed by atoms with E-state index in [2.05, 4.69) is 15.3 Å². The molecule has 0 radical (unpaired) electrons. The van der Waals surface area contributed by atoms with Crippen LogP contribution in [0.5, 0.6) is 0 Å². The number of benzene rings is 1. The highest BCUT2D eigenvalue weighted by Gasteiger charge is 2.31. The van der Waals surface area contributed by atoms with E-state index in [9.17, 15) is 18.0 Å². The van der Waals surface area contributed by atoms with Gasteiger partial charge in [0.2, 0.25) is 0 Å². The summed E-state index contributed by atoms with van der Waals surface area (Å²) >= 11 is 6.10. The largest absolute Gasteiger partial charge is 0.416 e. The summed E-state index contributed by atoms with van der Waals surface area (Å²) in [7, 11) is 1.67. The maximum atomic E-state index is 13.1. The van der Waals surface area contributed by atoms with E-state index >= 15 is 0 Å². The third kappa shape index (κ3) is 3.72. The molecule has 2 aromatic heterocycles. The van der Waals surface area contributed by atoms with Gasteiger partial charge in [-0.2, -0.15) is 13.2 Å². The number of hydrogen-bond donors (Lipinski definition) is 2. The molecular formula is C17H13ClF3N5O. The second kappa shape index (κ2) is 6.92. The molecule has 10 heteroatoms. The number of rotatable bonds is 4. The monoisotopic (exact) mass is 395 g/mol. The molecule has 3 rings (SSSR count). The average Bonchev–Trinajstić information content (AvgIpc) is 3.06. The van der Waals surface area contributed by atoms with Gasteiger partial charge in [0.1, 0.15) is 18.0 Å². The van der Waals surface area contributed by atoms with E-state index in [1.807, 2.05) is 0 Å². The van der Waals surface area contributed by atoms with Crippen molar-refractivity contribution in [2.75, 3.05) is 12.4 Å². The minimum atomic E-state index is -4.55. The lowest BCUT2D eigenvalue weighted by Crippen LogP contribution is -2.11. The number of nitrogens with zero attached hydrogens (tertiary/aromatic N) is 3. The van der Waals surface area contributed by atoms with Crippen LogP contribution in [0.3, 0.4) is 0 Å². The van der Waals surface area contributed by atoms with Crippen LogP contribution in [-0.4, -0.2) is 27.5 Å². The lowest BCUT2D eigenvalue weighted by Gasteiger charge is -2.10. The van der Waals surface area contributed by atoms with Crippen molar-refractivity contribution in [2.45, 2.75) is 6.18 Å². The summed E-state index contributed by atoms with van der Waals surface area (Å²) in [6, 6.07) is 4.48. The molecule has 0 spiro atoms. The molecule has 3 N–H and O–H groups in total. The molecular weight excluding hydrogens is 383 g/mol. The van der Waals surface area contributed by atoms with Gasteiger partial charge < -0.3 is 15.6 Å². The molecule has 6 nitrogen and oxygen atoms in total. The summed E-state index contributed by atoms with van der Waals surface area (Å²) in [5.41, 5.74) is 4.75. The molecule has 0 fully saturated rings. The van der Waals surface area contributed by atoms with Crippen molar-refractivity contribution < 1.29 is 18.0 Å². The zero-order chi connectivity index (χ0) is 19.8. The Bertz CT molecular complexity index is 1020. The molecule has 140 valence electrons. The highest BCUT2D eigenvalue weighted by molar-refractivity contribution is 6.33. The first-order chi connectivity index (χ1) is 12.7. The van der Waals surface area contributed by atoms with Gasteiger partial charge >= 0.3 is 6.18 Å². The molecule has 0 atom stereocenters. The molecule has 0 aliphatic heterocycles. The Hall–Kier alpha value is -3.07. The van der Waals surface area contributed by atoms with Crippen LogP contribution in [0.2, 0.25) is 5.02 Å². The van der Waals surface area contributed by atoms with E-state index in [1.165, 1.54) is 23.3 Å².